The summed E-state index contributed by atoms with van der Waals surface area (Å²) in [5.74, 6) is 0.255. The number of carbonyl (C=O) groups excluding carboxylic acids is 2. The van der Waals surface area contributed by atoms with Crippen molar-refractivity contribution in [1.82, 2.24) is 14.5 Å². The third kappa shape index (κ3) is 6.79. The van der Waals surface area contributed by atoms with E-state index in [0.717, 1.165) is 23.5 Å². The number of amides is 2. The Bertz CT molecular complexity index is 2200. The first kappa shape index (κ1) is 35.6. The Labute approximate surface area is 308 Å². The molecule has 1 saturated heterocycles. The van der Waals surface area contributed by atoms with Crippen molar-refractivity contribution in [2.24, 2.45) is 0 Å². The van der Waals surface area contributed by atoms with Gasteiger partial charge in [0.2, 0.25) is 10.0 Å². The number of piperazine rings is 1. The number of fused-ring (bicyclic) bond motifs is 2. The van der Waals surface area contributed by atoms with E-state index in [1.54, 1.807) is 36.8 Å². The van der Waals surface area contributed by atoms with Gasteiger partial charge in [-0.25, -0.2) is 13.1 Å². The number of thiophene rings is 1. The van der Waals surface area contributed by atoms with Gasteiger partial charge in [-0.1, -0.05) is 60.7 Å². The molecule has 3 heterocycles. The number of rotatable bonds is 13. The lowest BCUT2D eigenvalue weighted by atomic mass is 9.99. The summed E-state index contributed by atoms with van der Waals surface area (Å²) in [6, 6.07) is 28.3. The van der Waals surface area contributed by atoms with E-state index in [9.17, 15) is 18.0 Å². The Morgan fingerprint density at radius 2 is 1.54 bits per heavy atom. The van der Waals surface area contributed by atoms with Crippen LogP contribution in [0.25, 0.3) is 10.1 Å². The highest BCUT2D eigenvalue weighted by Gasteiger charge is 2.43. The van der Waals surface area contributed by atoms with Gasteiger partial charge in [-0.2, -0.15) is 0 Å². The minimum Gasteiger partial charge on any atom is -0.493 e. The van der Waals surface area contributed by atoms with Crippen LogP contribution >= 0.6 is 11.3 Å². The number of sulfonamides is 1. The molecule has 1 aromatic heterocycles. The first-order chi connectivity index (χ1) is 25.2. The Balaban J connectivity index is 1.12. The van der Waals surface area contributed by atoms with Crippen LogP contribution in [0, 0.1) is 0 Å². The molecular formula is C40H42N4O6S2. The van der Waals surface area contributed by atoms with Gasteiger partial charge in [0.15, 0.2) is 11.5 Å². The molecule has 2 aliphatic heterocycles. The van der Waals surface area contributed by atoms with Gasteiger partial charge in [-0.15, -0.1) is 11.3 Å². The summed E-state index contributed by atoms with van der Waals surface area (Å²) in [7, 11) is -0.703. The maximum Gasteiger partial charge on any atom is 0.264 e. The summed E-state index contributed by atoms with van der Waals surface area (Å²) < 4.78 is 41.4. The van der Waals surface area contributed by atoms with E-state index in [-0.39, 0.29) is 29.3 Å². The second-order valence-electron chi connectivity index (χ2n) is 13.1. The van der Waals surface area contributed by atoms with E-state index in [0.29, 0.717) is 59.5 Å². The molecule has 10 nitrogen and oxygen atoms in total. The molecule has 2 aliphatic rings. The van der Waals surface area contributed by atoms with Crippen molar-refractivity contribution >= 4 is 48.9 Å². The van der Waals surface area contributed by atoms with Crippen LogP contribution in [0.1, 0.15) is 63.7 Å². The predicted molar refractivity (Wildman–Crippen MR) is 204 cm³/mol. The Kier molecular flexibility index (Phi) is 10.3. The molecule has 7 rings (SSSR count). The summed E-state index contributed by atoms with van der Waals surface area (Å²) in [4.78, 5) is 34.9. The van der Waals surface area contributed by atoms with Crippen LogP contribution in [0.15, 0.2) is 101 Å². The lowest BCUT2D eigenvalue weighted by Crippen LogP contribution is -2.47. The second kappa shape index (κ2) is 15.1. The minimum atomic E-state index is -3.79. The van der Waals surface area contributed by atoms with Crippen LogP contribution in [0.3, 0.4) is 0 Å². The average Bonchev–Trinajstić information content (AvgIpc) is 3.74. The van der Waals surface area contributed by atoms with Crippen molar-refractivity contribution in [2.75, 3.05) is 51.8 Å². The number of carbonyl (C=O) groups is 2. The summed E-state index contributed by atoms with van der Waals surface area (Å²) in [5, 5.41) is 2.33. The van der Waals surface area contributed by atoms with E-state index in [1.165, 1.54) is 28.9 Å². The van der Waals surface area contributed by atoms with E-state index >= 15 is 0 Å². The fourth-order valence-corrected chi connectivity index (χ4v) is 9.95. The van der Waals surface area contributed by atoms with Gasteiger partial charge in [0.25, 0.3) is 11.8 Å². The quantitative estimate of drug-likeness (QED) is 0.103. The van der Waals surface area contributed by atoms with Crippen molar-refractivity contribution in [2.45, 2.75) is 36.7 Å². The van der Waals surface area contributed by atoms with Crippen molar-refractivity contribution < 1.29 is 27.5 Å². The number of nitrogens with one attached hydrogen (secondary N) is 1. The SMILES string of the molecule is COc1ccc(C(CCCNS(=O)(=O)c2csc3ccccc23)N2C(=O)c3cccc(N4CCN(C(C)c5ccccc5)CC4)c3C2=O)cc1OC. The highest BCUT2D eigenvalue weighted by atomic mass is 32.2. The largest absolute Gasteiger partial charge is 0.493 e. The third-order valence-electron chi connectivity index (χ3n) is 10.2. The van der Waals surface area contributed by atoms with Crippen LogP contribution in [0.5, 0.6) is 11.5 Å². The molecule has 1 fully saturated rings. The Morgan fingerprint density at radius 3 is 2.29 bits per heavy atom. The van der Waals surface area contributed by atoms with Crippen molar-refractivity contribution in [1.29, 1.82) is 0 Å². The van der Waals surface area contributed by atoms with Gasteiger partial charge in [0, 0.05) is 54.2 Å². The number of hydrogen-bond donors (Lipinski definition) is 1. The lowest BCUT2D eigenvalue weighted by Gasteiger charge is -2.39. The molecule has 2 amide bonds. The molecular weight excluding hydrogens is 697 g/mol. The number of benzene rings is 4. The summed E-state index contributed by atoms with van der Waals surface area (Å²) in [5.41, 5.74) is 3.49. The molecule has 1 N–H and O–H groups in total. The van der Waals surface area contributed by atoms with Crippen molar-refractivity contribution in [3.05, 3.63) is 119 Å². The highest BCUT2D eigenvalue weighted by Crippen LogP contribution is 2.41. The number of methoxy groups -OCH3 is 2. The van der Waals surface area contributed by atoms with Gasteiger partial charge in [0.05, 0.1) is 37.1 Å². The first-order valence-corrected chi connectivity index (χ1v) is 19.8. The maximum absolute atomic E-state index is 14.5. The highest BCUT2D eigenvalue weighted by molar-refractivity contribution is 7.90. The molecule has 2 atom stereocenters. The number of anilines is 1. The minimum absolute atomic E-state index is 0.121. The third-order valence-corrected chi connectivity index (χ3v) is 12.8. The molecule has 2 unspecified atom stereocenters. The first-order valence-electron chi connectivity index (χ1n) is 17.4. The van der Waals surface area contributed by atoms with Gasteiger partial charge < -0.3 is 14.4 Å². The zero-order chi connectivity index (χ0) is 36.4. The number of hydrogen-bond acceptors (Lipinski definition) is 9. The molecule has 0 radical (unpaired) electrons. The van der Waals surface area contributed by atoms with Crippen LogP contribution in [-0.4, -0.2) is 77.0 Å². The molecule has 4 aromatic carbocycles. The molecule has 0 saturated carbocycles. The standard InChI is InChI=1S/C40H42N4O6S2/c1-27(28-11-5-4-6-12-28)42-21-23-43(24-22-42)33-15-9-14-31-38(33)40(46)44(39(31)45)32(29-18-19-34(49-2)35(25-29)50-3)16-10-20-41-52(47,48)37-26-51-36-17-8-7-13-30(36)37/h4-9,11-15,17-19,25-27,32,41H,10,16,20-24H2,1-3H3. The zero-order valence-electron chi connectivity index (χ0n) is 29.4. The van der Waals surface area contributed by atoms with Crippen LogP contribution in [-0.2, 0) is 10.0 Å². The van der Waals surface area contributed by atoms with Gasteiger partial charge in [-0.3, -0.25) is 19.4 Å². The molecule has 270 valence electrons. The normalized spacial score (nSPS) is 16.3. The average molecular weight is 739 g/mol. The molecule has 0 bridgehead atoms. The molecule has 0 spiro atoms. The van der Waals surface area contributed by atoms with E-state index in [2.05, 4.69) is 45.7 Å². The smallest absolute Gasteiger partial charge is 0.264 e. The second-order valence-corrected chi connectivity index (χ2v) is 15.7. The van der Waals surface area contributed by atoms with E-state index in [4.69, 9.17) is 9.47 Å². The molecule has 12 heteroatoms. The Hall–Kier alpha value is -4.75. The van der Waals surface area contributed by atoms with E-state index < -0.39 is 16.1 Å². The van der Waals surface area contributed by atoms with Gasteiger partial charge in [0.1, 0.15) is 4.90 Å². The molecule has 0 aliphatic carbocycles. The monoisotopic (exact) mass is 738 g/mol. The van der Waals surface area contributed by atoms with Crippen LogP contribution < -0.4 is 19.1 Å². The van der Waals surface area contributed by atoms with Gasteiger partial charge >= 0.3 is 0 Å². The maximum atomic E-state index is 14.5. The summed E-state index contributed by atoms with van der Waals surface area (Å²) in [6.07, 6.45) is 0.682. The lowest BCUT2D eigenvalue weighted by molar-refractivity contribution is 0.0572. The molecule has 5 aromatic rings. The van der Waals surface area contributed by atoms with Gasteiger partial charge in [-0.05, 0) is 61.2 Å². The number of nitrogens with zero attached hydrogens (tertiary/aromatic N) is 3. The van der Waals surface area contributed by atoms with E-state index in [1.807, 2.05) is 42.5 Å². The van der Waals surface area contributed by atoms with Crippen LogP contribution in [0.4, 0.5) is 5.69 Å². The molecule has 52 heavy (non-hydrogen) atoms. The number of imide groups is 1. The fourth-order valence-electron chi connectivity index (χ4n) is 7.37. The zero-order valence-corrected chi connectivity index (χ0v) is 31.1. The van der Waals surface area contributed by atoms with Crippen LogP contribution in [0.2, 0.25) is 0 Å². The number of ether oxygens (including phenoxy) is 2. The topological polar surface area (TPSA) is 108 Å². The Morgan fingerprint density at radius 1 is 0.808 bits per heavy atom. The summed E-state index contributed by atoms with van der Waals surface area (Å²) >= 11 is 1.38. The van der Waals surface area contributed by atoms with Crippen molar-refractivity contribution in [3.63, 3.8) is 0 Å². The fraction of sp³-hybridized carbons (Fsp3) is 0.300. The van der Waals surface area contributed by atoms with Crippen molar-refractivity contribution in [3.8, 4) is 11.5 Å². The summed E-state index contributed by atoms with van der Waals surface area (Å²) in [6.45, 7) is 5.40. The predicted octanol–water partition coefficient (Wildman–Crippen LogP) is 6.90.